The highest BCUT2D eigenvalue weighted by atomic mass is 19.1. The van der Waals surface area contributed by atoms with Gasteiger partial charge in [-0.15, -0.1) is 0 Å². The molecule has 1 aliphatic heterocycles. The minimum Gasteiger partial charge on any atom is -0.496 e. The second-order valence-electron chi connectivity index (χ2n) is 4.53. The number of ether oxygens (including phenoxy) is 2. The lowest BCUT2D eigenvalue weighted by Crippen LogP contribution is -2.37. The molecule has 2 atom stereocenters. The van der Waals surface area contributed by atoms with Gasteiger partial charge in [0.25, 0.3) is 0 Å². The van der Waals surface area contributed by atoms with Crippen molar-refractivity contribution in [2.24, 2.45) is 0 Å². The summed E-state index contributed by atoms with van der Waals surface area (Å²) in [7, 11) is 3.11. The number of benzene rings is 1. The zero-order valence-corrected chi connectivity index (χ0v) is 10.9. The third-order valence-electron chi connectivity index (χ3n) is 3.44. The molecule has 4 heteroatoms. The first-order chi connectivity index (χ1) is 8.77. The SMILES string of the molecule is COc1cccc(OC)c1C(F)C1CCCCN1. The van der Waals surface area contributed by atoms with Crippen LogP contribution in [0.2, 0.25) is 0 Å². The smallest absolute Gasteiger partial charge is 0.147 e. The average molecular weight is 253 g/mol. The maximum Gasteiger partial charge on any atom is 0.147 e. The van der Waals surface area contributed by atoms with Gasteiger partial charge >= 0.3 is 0 Å². The molecule has 3 nitrogen and oxygen atoms in total. The fourth-order valence-corrected chi connectivity index (χ4v) is 2.48. The average Bonchev–Trinajstić information content (AvgIpc) is 2.46. The van der Waals surface area contributed by atoms with Crippen LogP contribution in [0.3, 0.4) is 0 Å². The fraction of sp³-hybridized carbons (Fsp3) is 0.571. The van der Waals surface area contributed by atoms with Gasteiger partial charge in [0.1, 0.15) is 17.7 Å². The van der Waals surface area contributed by atoms with Gasteiger partial charge in [0.15, 0.2) is 0 Å². The number of rotatable bonds is 4. The first-order valence-electron chi connectivity index (χ1n) is 6.36. The van der Waals surface area contributed by atoms with Crippen LogP contribution in [0.1, 0.15) is 31.0 Å². The molecule has 1 aromatic carbocycles. The number of nitrogens with one attached hydrogen (secondary N) is 1. The van der Waals surface area contributed by atoms with E-state index in [0.29, 0.717) is 17.1 Å². The van der Waals surface area contributed by atoms with Crippen LogP contribution in [0, 0.1) is 0 Å². The van der Waals surface area contributed by atoms with Gasteiger partial charge in [-0.3, -0.25) is 0 Å². The Hall–Kier alpha value is -1.29. The topological polar surface area (TPSA) is 30.5 Å². The molecule has 0 amide bonds. The molecule has 0 aliphatic carbocycles. The summed E-state index contributed by atoms with van der Waals surface area (Å²) < 4.78 is 25.2. The molecular weight excluding hydrogens is 233 g/mol. The molecule has 18 heavy (non-hydrogen) atoms. The van der Waals surface area contributed by atoms with Gasteiger partial charge < -0.3 is 14.8 Å². The Labute approximate surface area is 107 Å². The normalized spacial score (nSPS) is 21.4. The lowest BCUT2D eigenvalue weighted by atomic mass is 9.95. The Balaban J connectivity index is 2.29. The van der Waals surface area contributed by atoms with Crippen molar-refractivity contribution in [2.75, 3.05) is 20.8 Å². The third kappa shape index (κ3) is 2.58. The summed E-state index contributed by atoms with van der Waals surface area (Å²) >= 11 is 0. The van der Waals surface area contributed by atoms with Crippen LogP contribution in [-0.4, -0.2) is 26.8 Å². The molecule has 1 heterocycles. The van der Waals surface area contributed by atoms with Crippen molar-refractivity contribution in [3.05, 3.63) is 23.8 Å². The van der Waals surface area contributed by atoms with E-state index < -0.39 is 6.17 Å². The zero-order valence-electron chi connectivity index (χ0n) is 10.9. The van der Waals surface area contributed by atoms with Crippen molar-refractivity contribution in [1.82, 2.24) is 5.32 Å². The summed E-state index contributed by atoms with van der Waals surface area (Å²) in [6.45, 7) is 0.878. The molecule has 1 saturated heterocycles. The van der Waals surface area contributed by atoms with E-state index in [1.165, 1.54) is 0 Å². The Kier molecular flexibility index (Phi) is 4.42. The summed E-state index contributed by atoms with van der Waals surface area (Å²) in [6, 6.07) is 5.20. The fourth-order valence-electron chi connectivity index (χ4n) is 2.48. The van der Waals surface area contributed by atoms with E-state index in [0.717, 1.165) is 25.8 Å². The van der Waals surface area contributed by atoms with Crippen molar-refractivity contribution in [3.8, 4) is 11.5 Å². The van der Waals surface area contributed by atoms with Crippen molar-refractivity contribution in [1.29, 1.82) is 0 Å². The molecule has 2 unspecified atom stereocenters. The van der Waals surface area contributed by atoms with Crippen LogP contribution in [0.25, 0.3) is 0 Å². The van der Waals surface area contributed by atoms with Crippen LogP contribution in [0.4, 0.5) is 4.39 Å². The first-order valence-corrected chi connectivity index (χ1v) is 6.36. The number of methoxy groups -OCH3 is 2. The number of hydrogen-bond acceptors (Lipinski definition) is 3. The molecule has 0 bridgehead atoms. The van der Waals surface area contributed by atoms with Crippen LogP contribution in [0.15, 0.2) is 18.2 Å². The van der Waals surface area contributed by atoms with Gasteiger partial charge in [-0.1, -0.05) is 12.5 Å². The molecule has 0 aromatic heterocycles. The first kappa shape index (κ1) is 13.1. The van der Waals surface area contributed by atoms with Crippen LogP contribution >= 0.6 is 0 Å². The van der Waals surface area contributed by atoms with Crippen molar-refractivity contribution < 1.29 is 13.9 Å². The molecule has 100 valence electrons. The second kappa shape index (κ2) is 6.05. The number of halogens is 1. The predicted molar refractivity (Wildman–Crippen MR) is 69.0 cm³/mol. The van der Waals surface area contributed by atoms with E-state index in [1.54, 1.807) is 26.4 Å². The minimum absolute atomic E-state index is 0.149. The quantitative estimate of drug-likeness (QED) is 0.895. The van der Waals surface area contributed by atoms with Gasteiger partial charge in [0.2, 0.25) is 0 Å². The molecule has 2 rings (SSSR count). The molecule has 0 radical (unpaired) electrons. The Morgan fingerprint density at radius 2 is 1.89 bits per heavy atom. The monoisotopic (exact) mass is 253 g/mol. The van der Waals surface area contributed by atoms with E-state index in [2.05, 4.69) is 5.32 Å². The van der Waals surface area contributed by atoms with E-state index in [-0.39, 0.29) is 6.04 Å². The summed E-state index contributed by atoms with van der Waals surface area (Å²) in [5, 5.41) is 3.23. The second-order valence-corrected chi connectivity index (χ2v) is 4.53. The maximum absolute atomic E-state index is 14.7. The van der Waals surface area contributed by atoms with E-state index in [4.69, 9.17) is 9.47 Å². The third-order valence-corrected chi connectivity index (χ3v) is 3.44. The highest BCUT2D eigenvalue weighted by Crippen LogP contribution is 2.39. The van der Waals surface area contributed by atoms with E-state index in [9.17, 15) is 4.39 Å². The molecule has 1 N–H and O–H groups in total. The molecule has 1 aromatic rings. The van der Waals surface area contributed by atoms with E-state index in [1.807, 2.05) is 6.07 Å². The number of hydrogen-bond donors (Lipinski definition) is 1. The number of alkyl halides is 1. The summed E-state index contributed by atoms with van der Waals surface area (Å²) in [5.41, 5.74) is 0.516. The predicted octanol–water partition coefficient (Wildman–Crippen LogP) is 2.86. The lowest BCUT2D eigenvalue weighted by molar-refractivity contribution is 0.210. The lowest BCUT2D eigenvalue weighted by Gasteiger charge is -2.28. The van der Waals surface area contributed by atoms with Gasteiger partial charge in [0.05, 0.1) is 19.8 Å². The van der Waals surface area contributed by atoms with Crippen LogP contribution < -0.4 is 14.8 Å². The standard InChI is InChI=1S/C14H20FNO2/c1-17-11-7-5-8-12(18-2)13(11)14(15)10-6-3-4-9-16-10/h5,7-8,10,14,16H,3-4,6,9H2,1-2H3. The highest BCUT2D eigenvalue weighted by molar-refractivity contribution is 5.47. The van der Waals surface area contributed by atoms with Crippen molar-refractivity contribution >= 4 is 0 Å². The summed E-state index contributed by atoms with van der Waals surface area (Å²) in [5.74, 6) is 1.10. The van der Waals surface area contributed by atoms with Gasteiger partial charge in [-0.25, -0.2) is 4.39 Å². The molecule has 1 fully saturated rings. The molecule has 1 aliphatic rings. The minimum atomic E-state index is -1.10. The van der Waals surface area contributed by atoms with Crippen LogP contribution in [0.5, 0.6) is 11.5 Å². The Morgan fingerprint density at radius 1 is 1.22 bits per heavy atom. The molecule has 0 saturated carbocycles. The van der Waals surface area contributed by atoms with Gasteiger partial charge in [-0.05, 0) is 31.5 Å². The molecule has 0 spiro atoms. The van der Waals surface area contributed by atoms with Crippen molar-refractivity contribution in [3.63, 3.8) is 0 Å². The maximum atomic E-state index is 14.7. The largest absolute Gasteiger partial charge is 0.496 e. The Morgan fingerprint density at radius 3 is 2.39 bits per heavy atom. The summed E-state index contributed by atoms with van der Waals surface area (Å²) in [4.78, 5) is 0. The summed E-state index contributed by atoms with van der Waals surface area (Å²) in [6.07, 6.45) is 1.93. The number of piperidine rings is 1. The highest BCUT2D eigenvalue weighted by Gasteiger charge is 2.29. The van der Waals surface area contributed by atoms with Gasteiger partial charge in [0, 0.05) is 6.04 Å². The van der Waals surface area contributed by atoms with Crippen LogP contribution in [-0.2, 0) is 0 Å². The Bertz CT molecular complexity index is 369. The zero-order chi connectivity index (χ0) is 13.0. The van der Waals surface area contributed by atoms with E-state index >= 15 is 0 Å². The molecular formula is C14H20FNO2. The van der Waals surface area contributed by atoms with Gasteiger partial charge in [-0.2, -0.15) is 0 Å². The van der Waals surface area contributed by atoms with Crippen molar-refractivity contribution in [2.45, 2.75) is 31.5 Å².